The lowest BCUT2D eigenvalue weighted by Crippen LogP contribution is -3.08. The fourth-order valence-electron chi connectivity index (χ4n) is 3.57. The molecule has 4 nitrogen and oxygen atoms in total. The van der Waals surface area contributed by atoms with Gasteiger partial charge in [0, 0.05) is 6.42 Å². The number of thiophene rings is 1. The van der Waals surface area contributed by atoms with Crippen molar-refractivity contribution < 1.29 is 9.69 Å². The molecule has 4 rings (SSSR count). The minimum Gasteiger partial charge on any atom is -0.353 e. The predicted molar refractivity (Wildman–Crippen MR) is 97.8 cm³/mol. The predicted octanol–water partition coefficient (Wildman–Crippen LogP) is 2.30. The molecule has 2 aliphatic rings. The number of fused-ring (bicyclic) bond motifs is 3. The average molecular weight is 342 g/mol. The number of anilines is 1. The second kappa shape index (κ2) is 5.90. The molecule has 2 aliphatic heterocycles. The van der Waals surface area contributed by atoms with Crippen molar-refractivity contribution in [2.24, 2.45) is 0 Å². The molecule has 3 N–H and O–H groups in total. The molecule has 0 radical (unpaired) electrons. The Balaban J connectivity index is 1.63. The highest BCUT2D eigenvalue weighted by Crippen LogP contribution is 2.39. The normalized spacial score (nSPS) is 22.6. The number of rotatable bonds is 2. The Bertz CT molecular complexity index is 779. The fraction of sp³-hybridized carbons (Fsp3) is 0.421. The van der Waals surface area contributed by atoms with Gasteiger partial charge in [0.15, 0.2) is 0 Å². The highest BCUT2D eigenvalue weighted by atomic mass is 32.1. The number of hydrogen-bond acceptors (Lipinski definition) is 3. The number of hydrogen-bond donors (Lipinski definition) is 3. The van der Waals surface area contributed by atoms with Crippen LogP contribution in [0.15, 0.2) is 24.3 Å². The van der Waals surface area contributed by atoms with Crippen molar-refractivity contribution in [1.82, 2.24) is 5.32 Å². The molecule has 5 heteroatoms. The van der Waals surface area contributed by atoms with Crippen molar-refractivity contribution >= 4 is 22.2 Å². The molecule has 0 saturated heterocycles. The number of benzene rings is 1. The number of carbonyl (C=O) groups is 1. The molecule has 1 aromatic heterocycles. The van der Waals surface area contributed by atoms with E-state index in [4.69, 9.17) is 0 Å². The van der Waals surface area contributed by atoms with E-state index in [0.717, 1.165) is 35.6 Å². The third kappa shape index (κ3) is 2.62. The fourth-order valence-corrected chi connectivity index (χ4v) is 4.96. The van der Waals surface area contributed by atoms with Gasteiger partial charge >= 0.3 is 0 Å². The molecule has 1 unspecified atom stereocenters. The van der Waals surface area contributed by atoms with Crippen LogP contribution in [0.4, 0.5) is 5.00 Å². The van der Waals surface area contributed by atoms with E-state index in [-0.39, 0.29) is 12.1 Å². The standard InChI is InChI=1S/C19H23N3OS/c1-11(2)12-4-6-13(7-5-12)17-20-18(23)16-14-8-9-22(3)10-15(14)24-19(16)21-17/h4-7,11,17,21H,8-10H2,1-3H3,(H,20,23)/p+1/t17-/m0/s1. The molecule has 1 aromatic carbocycles. The first kappa shape index (κ1) is 15.7. The summed E-state index contributed by atoms with van der Waals surface area (Å²) in [6.45, 7) is 6.51. The Morgan fingerprint density at radius 3 is 2.67 bits per heavy atom. The maximum absolute atomic E-state index is 12.7. The van der Waals surface area contributed by atoms with E-state index in [1.54, 1.807) is 11.3 Å². The number of quaternary nitrogens is 1. The van der Waals surface area contributed by atoms with Crippen LogP contribution in [-0.4, -0.2) is 19.5 Å². The van der Waals surface area contributed by atoms with Gasteiger partial charge in [-0.25, -0.2) is 0 Å². The summed E-state index contributed by atoms with van der Waals surface area (Å²) in [4.78, 5) is 15.6. The third-order valence-electron chi connectivity index (χ3n) is 5.07. The van der Waals surface area contributed by atoms with Crippen molar-refractivity contribution in [1.29, 1.82) is 0 Å². The zero-order valence-corrected chi connectivity index (χ0v) is 15.2. The summed E-state index contributed by atoms with van der Waals surface area (Å²) in [6.07, 6.45) is 0.854. The Morgan fingerprint density at radius 1 is 1.21 bits per heavy atom. The molecule has 0 aliphatic carbocycles. The number of carbonyl (C=O) groups excluding carboxylic acids is 1. The van der Waals surface area contributed by atoms with Gasteiger partial charge < -0.3 is 15.5 Å². The van der Waals surface area contributed by atoms with Crippen molar-refractivity contribution in [3.05, 3.63) is 51.4 Å². The van der Waals surface area contributed by atoms with Crippen molar-refractivity contribution in [2.75, 3.05) is 18.9 Å². The van der Waals surface area contributed by atoms with Crippen LogP contribution in [0.2, 0.25) is 0 Å². The van der Waals surface area contributed by atoms with E-state index in [1.807, 2.05) is 0 Å². The van der Waals surface area contributed by atoms with Crippen LogP contribution in [0.1, 0.15) is 57.9 Å². The largest absolute Gasteiger partial charge is 0.353 e. The SMILES string of the molecule is CC(C)c1ccc([C@H]2NC(=O)c3c(sc4c3CC[NH+](C)C4)N2)cc1. The molecule has 24 heavy (non-hydrogen) atoms. The molecule has 3 heterocycles. The highest BCUT2D eigenvalue weighted by Gasteiger charge is 2.33. The zero-order valence-electron chi connectivity index (χ0n) is 14.4. The van der Waals surface area contributed by atoms with Crippen LogP contribution in [-0.2, 0) is 13.0 Å². The second-order valence-corrected chi connectivity index (χ2v) is 8.32. The molecule has 126 valence electrons. The quantitative estimate of drug-likeness (QED) is 0.784. The average Bonchev–Trinajstić information content (AvgIpc) is 2.92. The monoisotopic (exact) mass is 342 g/mol. The molecule has 2 atom stereocenters. The molecule has 0 fully saturated rings. The van der Waals surface area contributed by atoms with Crippen molar-refractivity contribution in [2.45, 2.75) is 38.9 Å². The molecule has 0 saturated carbocycles. The van der Waals surface area contributed by atoms with Gasteiger partial charge in [0.1, 0.15) is 17.7 Å². The van der Waals surface area contributed by atoms with E-state index >= 15 is 0 Å². The van der Waals surface area contributed by atoms with Crippen LogP contribution in [0.25, 0.3) is 0 Å². The van der Waals surface area contributed by atoms with E-state index < -0.39 is 0 Å². The maximum Gasteiger partial charge on any atom is 0.256 e. The summed E-state index contributed by atoms with van der Waals surface area (Å²) in [5.41, 5.74) is 4.57. The van der Waals surface area contributed by atoms with Gasteiger partial charge in [0.05, 0.1) is 24.0 Å². The summed E-state index contributed by atoms with van der Waals surface area (Å²) in [5, 5.41) is 7.71. The van der Waals surface area contributed by atoms with Crippen LogP contribution >= 0.6 is 11.3 Å². The van der Waals surface area contributed by atoms with Crippen molar-refractivity contribution in [3.63, 3.8) is 0 Å². The first-order valence-electron chi connectivity index (χ1n) is 8.66. The summed E-state index contributed by atoms with van der Waals surface area (Å²) in [6, 6.07) is 8.54. The summed E-state index contributed by atoms with van der Waals surface area (Å²) in [7, 11) is 2.22. The third-order valence-corrected chi connectivity index (χ3v) is 6.23. The summed E-state index contributed by atoms with van der Waals surface area (Å²) >= 11 is 1.76. The van der Waals surface area contributed by atoms with Gasteiger partial charge in [-0.3, -0.25) is 4.79 Å². The van der Waals surface area contributed by atoms with Gasteiger partial charge in [0.2, 0.25) is 0 Å². The van der Waals surface area contributed by atoms with Crippen molar-refractivity contribution in [3.8, 4) is 0 Å². The lowest BCUT2D eigenvalue weighted by molar-refractivity contribution is -0.895. The topological polar surface area (TPSA) is 45.6 Å². The maximum atomic E-state index is 12.7. The zero-order chi connectivity index (χ0) is 16.8. The molecule has 0 spiro atoms. The van der Waals surface area contributed by atoms with Gasteiger partial charge in [0.25, 0.3) is 5.91 Å². The lowest BCUT2D eigenvalue weighted by Gasteiger charge is -2.27. The second-order valence-electron chi connectivity index (χ2n) is 7.21. The first-order valence-corrected chi connectivity index (χ1v) is 9.47. The van der Waals surface area contributed by atoms with Crippen LogP contribution in [0.3, 0.4) is 0 Å². The highest BCUT2D eigenvalue weighted by molar-refractivity contribution is 7.16. The summed E-state index contributed by atoms with van der Waals surface area (Å²) in [5.74, 6) is 0.585. The van der Waals surface area contributed by atoms with Gasteiger partial charge in [-0.2, -0.15) is 0 Å². The Hall–Kier alpha value is -1.85. The number of nitrogens with one attached hydrogen (secondary N) is 3. The summed E-state index contributed by atoms with van der Waals surface area (Å²) < 4.78 is 0. The molecular formula is C19H24N3OS+. The Labute approximate surface area is 146 Å². The van der Waals surface area contributed by atoms with Crippen LogP contribution in [0, 0.1) is 0 Å². The molecule has 1 amide bonds. The van der Waals surface area contributed by atoms with Crippen LogP contribution < -0.4 is 15.5 Å². The first-order chi connectivity index (χ1) is 11.5. The Kier molecular flexibility index (Phi) is 3.85. The van der Waals surface area contributed by atoms with Gasteiger partial charge in [-0.05, 0) is 22.6 Å². The minimum atomic E-state index is -0.142. The number of likely N-dealkylation sites (N-methyl/N-ethyl adjacent to an activating group) is 1. The van der Waals surface area contributed by atoms with E-state index in [1.165, 1.54) is 20.9 Å². The van der Waals surface area contributed by atoms with Gasteiger partial charge in [-0.15, -0.1) is 11.3 Å². The van der Waals surface area contributed by atoms with Gasteiger partial charge in [-0.1, -0.05) is 38.1 Å². The minimum absolute atomic E-state index is 0.0683. The smallest absolute Gasteiger partial charge is 0.256 e. The lowest BCUT2D eigenvalue weighted by atomic mass is 9.99. The van der Waals surface area contributed by atoms with E-state index in [0.29, 0.717) is 5.92 Å². The molecule has 0 bridgehead atoms. The Morgan fingerprint density at radius 2 is 1.96 bits per heavy atom. The van der Waals surface area contributed by atoms with E-state index in [2.05, 4.69) is 55.8 Å². The molecular weight excluding hydrogens is 318 g/mol. The number of amides is 1. The van der Waals surface area contributed by atoms with Crippen LogP contribution in [0.5, 0.6) is 0 Å². The molecule has 2 aromatic rings. The van der Waals surface area contributed by atoms with E-state index in [9.17, 15) is 4.79 Å².